The number of carbonyl (C=O) groups is 1. The number of hydrogen-bond acceptors (Lipinski definition) is 5. The van der Waals surface area contributed by atoms with Crippen LogP contribution in [0.2, 0.25) is 0 Å². The summed E-state index contributed by atoms with van der Waals surface area (Å²) in [6.45, 7) is 0. The van der Waals surface area contributed by atoms with Gasteiger partial charge in [0.05, 0.1) is 0 Å². The molecule has 0 bridgehead atoms. The Morgan fingerprint density at radius 2 is 0.532 bits per heavy atom. The number of nitrogens with zero attached hydrogens (tertiary/aromatic N) is 2. The number of para-hydroxylation sites is 4. The van der Waals surface area contributed by atoms with E-state index in [2.05, 4.69) is 216 Å². The molecule has 11 rings (SSSR count). The van der Waals surface area contributed by atoms with Gasteiger partial charge in [0, 0.05) is 64.8 Å². The molecule has 0 saturated carbocycles. The predicted octanol–water partition coefficient (Wildman–Crippen LogP) is 16.6. The van der Waals surface area contributed by atoms with Crippen LogP contribution in [0.25, 0.3) is 52.9 Å². The van der Waals surface area contributed by atoms with Gasteiger partial charge in [0.1, 0.15) is 0 Å². The molecule has 0 aliphatic heterocycles. The predicted molar refractivity (Wildman–Crippen MR) is 262 cm³/mol. The summed E-state index contributed by atoms with van der Waals surface area (Å²) in [5, 5.41) is 0. The monoisotopic (exact) mass is 830 g/mol. The fourth-order valence-corrected chi connectivity index (χ4v) is 10.4. The molecule has 0 N–H and O–H groups in total. The van der Waals surface area contributed by atoms with Gasteiger partial charge in [-0.15, -0.1) is 22.7 Å². The minimum absolute atomic E-state index is 0.0845. The number of anilines is 6. The molecule has 0 unspecified atom stereocenters. The van der Waals surface area contributed by atoms with E-state index in [1.165, 1.54) is 9.75 Å². The van der Waals surface area contributed by atoms with Gasteiger partial charge >= 0.3 is 0 Å². The van der Waals surface area contributed by atoms with E-state index >= 15 is 0 Å². The molecule has 294 valence electrons. The first-order valence-electron chi connectivity index (χ1n) is 20.7. The van der Waals surface area contributed by atoms with Gasteiger partial charge in [0.15, 0.2) is 5.78 Å². The highest BCUT2D eigenvalue weighted by atomic mass is 32.1. The fraction of sp³-hybridized carbons (Fsp3) is 0. The quantitative estimate of drug-likeness (QED) is 0.137. The van der Waals surface area contributed by atoms with Crippen molar-refractivity contribution >= 4 is 62.6 Å². The average molecular weight is 831 g/mol. The van der Waals surface area contributed by atoms with Crippen molar-refractivity contribution in [1.82, 2.24) is 0 Å². The van der Waals surface area contributed by atoms with Gasteiger partial charge in [-0.05, 0) is 143 Å². The molecule has 8 aromatic carbocycles. The van der Waals surface area contributed by atoms with Crippen molar-refractivity contribution in [3.8, 4) is 52.9 Å². The molecule has 2 heterocycles. The third-order valence-electron chi connectivity index (χ3n) is 11.5. The van der Waals surface area contributed by atoms with E-state index in [0.29, 0.717) is 0 Å². The lowest BCUT2D eigenvalue weighted by molar-refractivity contribution is 0.104. The summed E-state index contributed by atoms with van der Waals surface area (Å²) in [6.07, 6.45) is 0. The van der Waals surface area contributed by atoms with E-state index in [0.717, 1.165) is 88.4 Å². The molecule has 0 radical (unpaired) electrons. The van der Waals surface area contributed by atoms with Gasteiger partial charge in [-0.25, -0.2) is 0 Å². The lowest BCUT2D eigenvalue weighted by Gasteiger charge is -2.25. The minimum Gasteiger partial charge on any atom is -0.311 e. The number of hydrogen-bond donors (Lipinski definition) is 0. The highest BCUT2D eigenvalue weighted by molar-refractivity contribution is 7.19. The minimum atomic E-state index is 0.0845. The number of rotatable bonds is 10. The summed E-state index contributed by atoms with van der Waals surface area (Å²) < 4.78 is 0. The van der Waals surface area contributed by atoms with Crippen molar-refractivity contribution in [1.29, 1.82) is 0 Å². The van der Waals surface area contributed by atoms with Crippen LogP contribution in [0.5, 0.6) is 0 Å². The Hall–Kier alpha value is -7.57. The molecule has 0 saturated heterocycles. The van der Waals surface area contributed by atoms with Crippen LogP contribution in [0.15, 0.2) is 231 Å². The molecule has 0 amide bonds. The Balaban J connectivity index is 0.814. The van der Waals surface area contributed by atoms with E-state index in [-0.39, 0.29) is 5.78 Å². The largest absolute Gasteiger partial charge is 0.311 e. The van der Waals surface area contributed by atoms with Crippen LogP contribution in [0, 0.1) is 0 Å². The van der Waals surface area contributed by atoms with Gasteiger partial charge in [0.25, 0.3) is 0 Å². The summed E-state index contributed by atoms with van der Waals surface area (Å²) in [5.41, 5.74) is 14.6. The standard InChI is InChI=1S/C57H38N2OS2/c60-57-51-37-41(55-35-33-53(61-55)39-21-27-47(28-22-39)58(43-13-5-1-6-14-43)44-15-7-2-8-16-44)25-31-49(51)50-32-26-42(38-52(50)57)56-36-34-54(62-56)40-23-29-48(30-24-40)59(45-17-9-3-10-18-45)46-19-11-4-12-20-46/h1-38H. The maximum absolute atomic E-state index is 14.1. The van der Waals surface area contributed by atoms with Gasteiger partial charge in [-0.2, -0.15) is 0 Å². The van der Waals surface area contributed by atoms with Crippen LogP contribution in [0.4, 0.5) is 34.1 Å². The van der Waals surface area contributed by atoms with Crippen LogP contribution in [-0.4, -0.2) is 5.78 Å². The zero-order valence-corrected chi connectivity index (χ0v) is 35.2. The Labute approximate surface area is 369 Å². The second-order valence-electron chi connectivity index (χ2n) is 15.3. The Morgan fingerprint density at radius 1 is 0.258 bits per heavy atom. The highest BCUT2D eigenvalue weighted by Gasteiger charge is 2.28. The van der Waals surface area contributed by atoms with Crippen LogP contribution >= 0.6 is 22.7 Å². The molecule has 1 aliphatic carbocycles. The van der Waals surface area contributed by atoms with Crippen molar-refractivity contribution < 1.29 is 4.79 Å². The Morgan fingerprint density at radius 3 is 0.855 bits per heavy atom. The van der Waals surface area contributed by atoms with E-state index in [1.54, 1.807) is 22.7 Å². The third-order valence-corrected chi connectivity index (χ3v) is 13.8. The summed E-state index contributed by atoms with van der Waals surface area (Å²) in [4.78, 5) is 23.3. The molecule has 5 heteroatoms. The van der Waals surface area contributed by atoms with Gasteiger partial charge in [0.2, 0.25) is 0 Å². The third kappa shape index (κ3) is 7.03. The van der Waals surface area contributed by atoms with Gasteiger partial charge in [-0.3, -0.25) is 4.79 Å². The Kier molecular flexibility index (Phi) is 9.74. The van der Waals surface area contributed by atoms with Crippen molar-refractivity contribution in [2.24, 2.45) is 0 Å². The van der Waals surface area contributed by atoms with Gasteiger partial charge in [-0.1, -0.05) is 121 Å². The van der Waals surface area contributed by atoms with Crippen LogP contribution in [-0.2, 0) is 0 Å². The maximum Gasteiger partial charge on any atom is 0.194 e. The smallest absolute Gasteiger partial charge is 0.194 e. The summed E-state index contributed by atoms with van der Waals surface area (Å²) in [5.74, 6) is 0.0845. The Bertz CT molecular complexity index is 2880. The number of fused-ring (bicyclic) bond motifs is 3. The number of carbonyl (C=O) groups excluding carboxylic acids is 1. The molecule has 10 aromatic rings. The second kappa shape index (κ2) is 16.1. The summed E-state index contributed by atoms with van der Waals surface area (Å²) >= 11 is 3.50. The van der Waals surface area contributed by atoms with Crippen LogP contribution in [0.3, 0.4) is 0 Å². The van der Waals surface area contributed by atoms with E-state index in [4.69, 9.17) is 0 Å². The molecule has 3 nitrogen and oxygen atoms in total. The second-order valence-corrected chi connectivity index (χ2v) is 17.5. The summed E-state index contributed by atoms with van der Waals surface area (Å²) in [6, 6.07) is 80.8. The molecular formula is C57H38N2OS2. The molecule has 0 atom stereocenters. The first kappa shape index (κ1) is 37.4. The van der Waals surface area contributed by atoms with E-state index in [9.17, 15) is 4.79 Å². The number of ketones is 1. The van der Waals surface area contributed by atoms with Crippen molar-refractivity contribution in [3.05, 3.63) is 242 Å². The molecule has 1 aliphatic rings. The molecule has 0 spiro atoms. The fourth-order valence-electron chi connectivity index (χ4n) is 8.43. The number of benzene rings is 8. The van der Waals surface area contributed by atoms with Crippen molar-refractivity contribution in [3.63, 3.8) is 0 Å². The first-order valence-corrected chi connectivity index (χ1v) is 22.3. The molecular weight excluding hydrogens is 793 g/mol. The van der Waals surface area contributed by atoms with Gasteiger partial charge < -0.3 is 9.80 Å². The van der Waals surface area contributed by atoms with Crippen LogP contribution < -0.4 is 9.80 Å². The molecule has 2 aromatic heterocycles. The number of thiophene rings is 2. The van der Waals surface area contributed by atoms with Crippen LogP contribution in [0.1, 0.15) is 15.9 Å². The normalized spacial score (nSPS) is 11.6. The van der Waals surface area contributed by atoms with E-state index in [1.807, 2.05) is 24.3 Å². The summed E-state index contributed by atoms with van der Waals surface area (Å²) in [7, 11) is 0. The lowest BCUT2D eigenvalue weighted by Crippen LogP contribution is -2.09. The highest BCUT2D eigenvalue weighted by Crippen LogP contribution is 2.45. The average Bonchev–Trinajstić information content (AvgIpc) is 4.10. The maximum atomic E-state index is 14.1. The van der Waals surface area contributed by atoms with Crippen molar-refractivity contribution in [2.45, 2.75) is 0 Å². The zero-order valence-electron chi connectivity index (χ0n) is 33.6. The molecule has 0 fully saturated rings. The molecule has 62 heavy (non-hydrogen) atoms. The SMILES string of the molecule is O=C1c2cc(-c3ccc(-c4ccc(N(c5ccccc5)c5ccccc5)cc4)s3)ccc2-c2ccc(-c3ccc(-c4ccc(N(c5ccccc5)c5ccccc5)cc4)s3)cc21. The van der Waals surface area contributed by atoms with Crippen molar-refractivity contribution in [2.75, 3.05) is 9.80 Å². The first-order chi connectivity index (χ1) is 30.6. The van der Waals surface area contributed by atoms with E-state index < -0.39 is 0 Å². The topological polar surface area (TPSA) is 23.6 Å². The lowest BCUT2D eigenvalue weighted by atomic mass is 10.0. The zero-order chi connectivity index (χ0) is 41.4.